The van der Waals surface area contributed by atoms with E-state index in [1.165, 1.54) is 29.7 Å². The van der Waals surface area contributed by atoms with Crippen LogP contribution in [-0.4, -0.2) is 28.3 Å². The van der Waals surface area contributed by atoms with Crippen LogP contribution in [0, 0.1) is 12.8 Å². The van der Waals surface area contributed by atoms with Gasteiger partial charge in [-0.1, -0.05) is 30.3 Å². The van der Waals surface area contributed by atoms with Crippen molar-refractivity contribution in [2.45, 2.75) is 38.6 Å². The van der Waals surface area contributed by atoms with Gasteiger partial charge in [-0.05, 0) is 62.9 Å². The number of rotatable bonds is 6. The zero-order chi connectivity index (χ0) is 19.3. The second kappa shape index (κ2) is 8.67. The lowest BCUT2D eigenvalue weighted by Crippen LogP contribution is -2.34. The molecule has 5 nitrogen and oxygen atoms in total. The van der Waals surface area contributed by atoms with E-state index in [1.807, 2.05) is 19.2 Å². The van der Waals surface area contributed by atoms with E-state index in [1.54, 1.807) is 0 Å². The van der Waals surface area contributed by atoms with Crippen molar-refractivity contribution < 1.29 is 0 Å². The molecule has 146 valence electrons. The van der Waals surface area contributed by atoms with Crippen molar-refractivity contribution in [1.29, 1.82) is 0 Å². The summed E-state index contributed by atoms with van der Waals surface area (Å²) in [5, 5.41) is 11.6. The molecule has 4 rings (SSSR count). The minimum absolute atomic E-state index is 0.465. The summed E-state index contributed by atoms with van der Waals surface area (Å²) in [7, 11) is 0. The molecule has 0 aliphatic carbocycles. The quantitative estimate of drug-likeness (QED) is 0.615. The number of aromatic nitrogens is 3. The lowest BCUT2D eigenvalue weighted by molar-refractivity contribution is 0.313. The van der Waals surface area contributed by atoms with E-state index in [4.69, 9.17) is 5.73 Å². The molecule has 5 heteroatoms. The Morgan fingerprint density at radius 3 is 2.71 bits per heavy atom. The molecular weight excluding hydrogens is 346 g/mol. The fraction of sp³-hybridized carbons (Fsp3) is 0.391. The third kappa shape index (κ3) is 4.16. The molecule has 1 fully saturated rings. The van der Waals surface area contributed by atoms with Crippen molar-refractivity contribution in [3.63, 3.8) is 0 Å². The molecule has 28 heavy (non-hydrogen) atoms. The van der Waals surface area contributed by atoms with Crippen LogP contribution in [0.25, 0.3) is 11.3 Å². The largest absolute Gasteiger partial charge is 0.330 e. The summed E-state index contributed by atoms with van der Waals surface area (Å²) >= 11 is 0. The third-order valence-electron chi connectivity index (χ3n) is 5.73. The number of pyridine rings is 1. The van der Waals surface area contributed by atoms with E-state index in [0.717, 1.165) is 36.3 Å². The van der Waals surface area contributed by atoms with Gasteiger partial charge in [0.05, 0.1) is 5.69 Å². The van der Waals surface area contributed by atoms with E-state index in [2.05, 4.69) is 56.9 Å². The van der Waals surface area contributed by atoms with Crippen molar-refractivity contribution in [3.8, 4) is 11.3 Å². The molecule has 2 aromatic heterocycles. The van der Waals surface area contributed by atoms with Crippen LogP contribution < -0.4 is 11.1 Å². The molecule has 0 radical (unpaired) electrons. The van der Waals surface area contributed by atoms with Crippen molar-refractivity contribution in [2.75, 3.05) is 13.1 Å². The molecule has 1 aliphatic heterocycles. The molecule has 4 N–H and O–H groups in total. The van der Waals surface area contributed by atoms with Gasteiger partial charge in [-0.15, -0.1) is 0 Å². The second-order valence-corrected chi connectivity index (χ2v) is 7.77. The molecule has 3 aromatic rings. The SMILES string of the molecule is Cc1cc(-c2n[nH]c(CCN)c2CC2CCC(c3ccccc3)NC2)ccn1. The van der Waals surface area contributed by atoms with E-state index in [9.17, 15) is 0 Å². The highest BCUT2D eigenvalue weighted by molar-refractivity contribution is 5.64. The van der Waals surface area contributed by atoms with Gasteiger partial charge < -0.3 is 11.1 Å². The number of hydrogen-bond acceptors (Lipinski definition) is 4. The normalized spacial score (nSPS) is 19.6. The van der Waals surface area contributed by atoms with Crippen LogP contribution in [0.3, 0.4) is 0 Å². The summed E-state index contributed by atoms with van der Waals surface area (Å²) in [6.07, 6.45) is 6.10. The lowest BCUT2D eigenvalue weighted by Gasteiger charge is -2.30. The maximum atomic E-state index is 5.85. The number of H-pyrrole nitrogens is 1. The molecule has 0 amide bonds. The summed E-state index contributed by atoms with van der Waals surface area (Å²) in [4.78, 5) is 4.32. The number of nitrogens with one attached hydrogen (secondary N) is 2. The van der Waals surface area contributed by atoms with Crippen LogP contribution in [0.4, 0.5) is 0 Å². The fourth-order valence-corrected chi connectivity index (χ4v) is 4.25. The third-order valence-corrected chi connectivity index (χ3v) is 5.73. The Balaban J connectivity index is 1.50. The van der Waals surface area contributed by atoms with Crippen LogP contribution in [0.5, 0.6) is 0 Å². The molecule has 2 unspecified atom stereocenters. The van der Waals surface area contributed by atoms with Gasteiger partial charge in [0.25, 0.3) is 0 Å². The van der Waals surface area contributed by atoms with Gasteiger partial charge in [0, 0.05) is 41.2 Å². The number of piperidine rings is 1. The number of nitrogens with two attached hydrogens (primary N) is 1. The van der Waals surface area contributed by atoms with Crippen molar-refractivity contribution >= 4 is 0 Å². The molecular formula is C23H29N5. The molecule has 0 saturated carbocycles. The number of nitrogens with zero attached hydrogens (tertiary/aromatic N) is 2. The summed E-state index contributed by atoms with van der Waals surface area (Å²) in [5.41, 5.74) is 12.9. The van der Waals surface area contributed by atoms with E-state index in [-0.39, 0.29) is 0 Å². The number of aromatic amines is 1. The highest BCUT2D eigenvalue weighted by Crippen LogP contribution is 2.31. The highest BCUT2D eigenvalue weighted by Gasteiger charge is 2.25. The van der Waals surface area contributed by atoms with Gasteiger partial charge in [0.15, 0.2) is 0 Å². The highest BCUT2D eigenvalue weighted by atomic mass is 15.1. The van der Waals surface area contributed by atoms with Gasteiger partial charge in [0.2, 0.25) is 0 Å². The Morgan fingerprint density at radius 2 is 2.00 bits per heavy atom. The first kappa shape index (κ1) is 18.8. The van der Waals surface area contributed by atoms with Crippen LogP contribution in [0.2, 0.25) is 0 Å². The molecule has 2 atom stereocenters. The fourth-order valence-electron chi connectivity index (χ4n) is 4.25. The molecule has 1 saturated heterocycles. The average molecular weight is 376 g/mol. The Labute approximate surface area is 166 Å². The maximum Gasteiger partial charge on any atom is 0.0956 e. The zero-order valence-electron chi connectivity index (χ0n) is 16.5. The minimum atomic E-state index is 0.465. The topological polar surface area (TPSA) is 79.6 Å². The first-order valence-electron chi connectivity index (χ1n) is 10.2. The Bertz CT molecular complexity index is 894. The van der Waals surface area contributed by atoms with Crippen LogP contribution in [0.15, 0.2) is 48.7 Å². The smallest absolute Gasteiger partial charge is 0.0956 e. The molecule has 1 aromatic carbocycles. The predicted octanol–water partition coefficient (Wildman–Crippen LogP) is 3.56. The van der Waals surface area contributed by atoms with Gasteiger partial charge in [0.1, 0.15) is 0 Å². The average Bonchev–Trinajstić information content (AvgIpc) is 3.12. The Morgan fingerprint density at radius 1 is 1.14 bits per heavy atom. The minimum Gasteiger partial charge on any atom is -0.330 e. The monoisotopic (exact) mass is 375 g/mol. The first-order valence-corrected chi connectivity index (χ1v) is 10.2. The molecule has 0 bridgehead atoms. The predicted molar refractivity (Wildman–Crippen MR) is 113 cm³/mol. The van der Waals surface area contributed by atoms with Gasteiger partial charge in [-0.25, -0.2) is 0 Å². The Hall–Kier alpha value is -2.50. The van der Waals surface area contributed by atoms with Crippen molar-refractivity contribution in [2.24, 2.45) is 11.7 Å². The van der Waals surface area contributed by atoms with Crippen molar-refractivity contribution in [3.05, 3.63) is 71.2 Å². The summed E-state index contributed by atoms with van der Waals surface area (Å²) in [5.74, 6) is 0.607. The number of benzene rings is 1. The standard InChI is InChI=1S/C23H29N5/c1-16-13-19(10-12-25-16)23-20(22(9-11-24)27-28-23)14-17-7-8-21(26-15-17)18-5-3-2-4-6-18/h2-6,10,12-13,17,21,26H,7-9,11,14-15,24H2,1H3,(H,27,28). The zero-order valence-corrected chi connectivity index (χ0v) is 16.5. The second-order valence-electron chi connectivity index (χ2n) is 7.77. The number of aryl methyl sites for hydroxylation is 1. The first-order chi connectivity index (χ1) is 13.7. The van der Waals surface area contributed by atoms with Crippen LogP contribution in [-0.2, 0) is 12.8 Å². The summed E-state index contributed by atoms with van der Waals surface area (Å²) < 4.78 is 0. The van der Waals surface area contributed by atoms with Gasteiger partial charge >= 0.3 is 0 Å². The number of hydrogen-bond donors (Lipinski definition) is 3. The van der Waals surface area contributed by atoms with Crippen molar-refractivity contribution in [1.82, 2.24) is 20.5 Å². The molecule has 3 heterocycles. The van der Waals surface area contributed by atoms with Gasteiger partial charge in [-0.2, -0.15) is 5.10 Å². The summed E-state index contributed by atoms with van der Waals surface area (Å²) in [6, 6.07) is 15.4. The van der Waals surface area contributed by atoms with E-state index in [0.29, 0.717) is 18.5 Å². The molecule has 1 aliphatic rings. The van der Waals surface area contributed by atoms with Crippen LogP contribution >= 0.6 is 0 Å². The summed E-state index contributed by atoms with van der Waals surface area (Å²) in [6.45, 7) is 3.68. The van der Waals surface area contributed by atoms with Crippen LogP contribution in [0.1, 0.15) is 41.4 Å². The molecule has 0 spiro atoms. The Kier molecular flexibility index (Phi) is 5.84. The van der Waals surface area contributed by atoms with E-state index < -0.39 is 0 Å². The maximum absolute atomic E-state index is 5.85. The van der Waals surface area contributed by atoms with Gasteiger partial charge in [-0.3, -0.25) is 10.1 Å². The lowest BCUT2D eigenvalue weighted by atomic mass is 9.86. The van der Waals surface area contributed by atoms with E-state index >= 15 is 0 Å².